The van der Waals surface area contributed by atoms with Crippen LogP contribution in [0.1, 0.15) is 37.8 Å². The summed E-state index contributed by atoms with van der Waals surface area (Å²) in [6.07, 6.45) is 3.82. The van der Waals surface area contributed by atoms with Crippen molar-refractivity contribution in [1.82, 2.24) is 5.32 Å². The molecule has 3 unspecified atom stereocenters. The van der Waals surface area contributed by atoms with Gasteiger partial charge in [0.15, 0.2) is 0 Å². The van der Waals surface area contributed by atoms with Gasteiger partial charge in [0, 0.05) is 31.2 Å². The maximum absolute atomic E-state index is 5.76. The van der Waals surface area contributed by atoms with E-state index >= 15 is 0 Å². The first-order valence-electron chi connectivity index (χ1n) is 7.45. The Labute approximate surface area is 115 Å². The second-order valence-electron chi connectivity index (χ2n) is 5.50. The van der Waals surface area contributed by atoms with Crippen molar-refractivity contribution in [1.29, 1.82) is 0 Å². The maximum atomic E-state index is 5.76. The molecule has 3 nitrogen and oxygen atoms in total. The molecule has 1 aromatic rings. The van der Waals surface area contributed by atoms with E-state index in [1.807, 2.05) is 6.07 Å². The summed E-state index contributed by atoms with van der Waals surface area (Å²) in [7, 11) is 0. The molecule has 0 aromatic heterocycles. The zero-order valence-corrected chi connectivity index (χ0v) is 11.6. The molecule has 0 radical (unpaired) electrons. The summed E-state index contributed by atoms with van der Waals surface area (Å²) >= 11 is 0. The van der Waals surface area contributed by atoms with Gasteiger partial charge in [-0.15, -0.1) is 0 Å². The van der Waals surface area contributed by atoms with Crippen LogP contribution in [0.5, 0.6) is 5.75 Å². The van der Waals surface area contributed by atoms with Gasteiger partial charge in [0.1, 0.15) is 5.75 Å². The van der Waals surface area contributed by atoms with Gasteiger partial charge in [0.2, 0.25) is 0 Å². The highest BCUT2D eigenvalue weighted by molar-refractivity contribution is 5.37. The maximum Gasteiger partial charge on any atom is 0.124 e. The zero-order valence-electron chi connectivity index (χ0n) is 11.6. The van der Waals surface area contributed by atoms with Crippen LogP contribution in [0.4, 0.5) is 0 Å². The molecule has 2 aliphatic rings. The summed E-state index contributed by atoms with van der Waals surface area (Å²) < 4.78 is 11.5. The van der Waals surface area contributed by atoms with Crippen molar-refractivity contribution in [3.05, 3.63) is 29.8 Å². The van der Waals surface area contributed by atoms with E-state index < -0.39 is 0 Å². The molecule has 104 valence electrons. The second kappa shape index (κ2) is 5.93. The van der Waals surface area contributed by atoms with Crippen molar-refractivity contribution in [2.24, 2.45) is 5.92 Å². The first kappa shape index (κ1) is 12.9. The first-order chi connectivity index (χ1) is 9.38. The third-order valence-corrected chi connectivity index (χ3v) is 4.33. The monoisotopic (exact) mass is 261 g/mol. The summed E-state index contributed by atoms with van der Waals surface area (Å²) in [6, 6.07) is 8.81. The van der Waals surface area contributed by atoms with Crippen molar-refractivity contribution in [2.75, 3.05) is 19.8 Å². The lowest BCUT2D eigenvalue weighted by atomic mass is 9.96. The van der Waals surface area contributed by atoms with E-state index in [9.17, 15) is 0 Å². The minimum atomic E-state index is 0.433. The van der Waals surface area contributed by atoms with Gasteiger partial charge in [-0.25, -0.2) is 0 Å². The molecule has 0 bridgehead atoms. The Morgan fingerprint density at radius 3 is 3.00 bits per heavy atom. The van der Waals surface area contributed by atoms with Crippen LogP contribution in [-0.4, -0.2) is 25.9 Å². The minimum absolute atomic E-state index is 0.433. The van der Waals surface area contributed by atoms with Gasteiger partial charge in [-0.3, -0.25) is 0 Å². The SMILES string of the molecule is CCC1OCCC1CNC1CCOc2ccccc21. The molecule has 3 rings (SSSR count). The standard InChI is InChI=1S/C16H23NO2/c1-2-15-12(7-9-18-15)11-17-14-8-10-19-16-6-4-3-5-13(14)16/h3-6,12,14-15,17H,2,7-11H2,1H3. The van der Waals surface area contributed by atoms with Crippen LogP contribution in [0, 0.1) is 5.92 Å². The van der Waals surface area contributed by atoms with Gasteiger partial charge in [-0.2, -0.15) is 0 Å². The fourth-order valence-corrected chi connectivity index (χ4v) is 3.23. The van der Waals surface area contributed by atoms with Crippen molar-refractivity contribution in [2.45, 2.75) is 38.3 Å². The molecule has 1 N–H and O–H groups in total. The smallest absolute Gasteiger partial charge is 0.124 e. The fourth-order valence-electron chi connectivity index (χ4n) is 3.23. The molecule has 2 aliphatic heterocycles. The third kappa shape index (κ3) is 2.77. The van der Waals surface area contributed by atoms with E-state index in [1.165, 1.54) is 12.0 Å². The van der Waals surface area contributed by atoms with Gasteiger partial charge >= 0.3 is 0 Å². The molecule has 3 heteroatoms. The lowest BCUT2D eigenvalue weighted by Gasteiger charge is -2.28. The quantitative estimate of drug-likeness (QED) is 0.904. The number of fused-ring (bicyclic) bond motifs is 1. The molecule has 1 fully saturated rings. The number of benzene rings is 1. The number of hydrogen-bond acceptors (Lipinski definition) is 3. The molecule has 0 spiro atoms. The van der Waals surface area contributed by atoms with E-state index in [0.717, 1.165) is 38.3 Å². The van der Waals surface area contributed by atoms with Crippen LogP contribution < -0.4 is 10.1 Å². The predicted octanol–water partition coefficient (Wildman–Crippen LogP) is 2.91. The Morgan fingerprint density at radius 2 is 2.11 bits per heavy atom. The average molecular weight is 261 g/mol. The summed E-state index contributed by atoms with van der Waals surface area (Å²) in [6.45, 7) is 5.01. The Balaban J connectivity index is 1.62. The van der Waals surface area contributed by atoms with E-state index in [-0.39, 0.29) is 0 Å². The second-order valence-corrected chi connectivity index (χ2v) is 5.50. The lowest BCUT2D eigenvalue weighted by Crippen LogP contribution is -2.33. The van der Waals surface area contributed by atoms with Crippen LogP contribution in [0.25, 0.3) is 0 Å². The van der Waals surface area contributed by atoms with E-state index in [2.05, 4.69) is 30.4 Å². The van der Waals surface area contributed by atoms with Gasteiger partial charge in [-0.1, -0.05) is 25.1 Å². The number of para-hydroxylation sites is 1. The molecule has 0 amide bonds. The highest BCUT2D eigenvalue weighted by Gasteiger charge is 2.28. The molecule has 19 heavy (non-hydrogen) atoms. The highest BCUT2D eigenvalue weighted by Crippen LogP contribution is 2.32. The normalized spacial score (nSPS) is 29.8. The molecule has 0 aliphatic carbocycles. The topological polar surface area (TPSA) is 30.5 Å². The van der Waals surface area contributed by atoms with Crippen molar-refractivity contribution in [3.63, 3.8) is 0 Å². The molecule has 0 saturated carbocycles. The third-order valence-electron chi connectivity index (χ3n) is 4.33. The Bertz CT molecular complexity index is 421. The Kier molecular flexibility index (Phi) is 4.04. The molecule has 2 heterocycles. The van der Waals surface area contributed by atoms with Crippen LogP contribution in [0.2, 0.25) is 0 Å². The predicted molar refractivity (Wildman–Crippen MR) is 75.4 cm³/mol. The molecule has 3 atom stereocenters. The van der Waals surface area contributed by atoms with Gasteiger partial charge in [-0.05, 0) is 24.8 Å². The Morgan fingerprint density at radius 1 is 1.21 bits per heavy atom. The van der Waals surface area contributed by atoms with Crippen LogP contribution in [0.15, 0.2) is 24.3 Å². The summed E-state index contributed by atoms with van der Waals surface area (Å²) in [4.78, 5) is 0. The fraction of sp³-hybridized carbons (Fsp3) is 0.625. The van der Waals surface area contributed by atoms with E-state index in [0.29, 0.717) is 18.1 Å². The highest BCUT2D eigenvalue weighted by atomic mass is 16.5. The van der Waals surface area contributed by atoms with Gasteiger partial charge in [0.05, 0.1) is 12.7 Å². The summed E-state index contributed by atoms with van der Waals surface area (Å²) in [5, 5.41) is 3.72. The van der Waals surface area contributed by atoms with Gasteiger partial charge in [0.25, 0.3) is 0 Å². The van der Waals surface area contributed by atoms with Crippen LogP contribution in [0.3, 0.4) is 0 Å². The van der Waals surface area contributed by atoms with Crippen molar-refractivity contribution < 1.29 is 9.47 Å². The molecular weight excluding hydrogens is 238 g/mol. The Hall–Kier alpha value is -1.06. The zero-order chi connectivity index (χ0) is 13.1. The molecule has 1 saturated heterocycles. The number of rotatable bonds is 4. The average Bonchev–Trinajstić information content (AvgIpc) is 2.92. The van der Waals surface area contributed by atoms with Crippen molar-refractivity contribution in [3.8, 4) is 5.75 Å². The number of nitrogens with one attached hydrogen (secondary N) is 1. The van der Waals surface area contributed by atoms with Crippen LogP contribution >= 0.6 is 0 Å². The molecule has 1 aromatic carbocycles. The summed E-state index contributed by atoms with van der Waals surface area (Å²) in [5.74, 6) is 1.71. The van der Waals surface area contributed by atoms with Crippen LogP contribution in [-0.2, 0) is 4.74 Å². The minimum Gasteiger partial charge on any atom is -0.493 e. The number of hydrogen-bond donors (Lipinski definition) is 1. The first-order valence-corrected chi connectivity index (χ1v) is 7.45. The molecular formula is C16H23NO2. The summed E-state index contributed by atoms with van der Waals surface area (Å²) in [5.41, 5.74) is 1.31. The van der Waals surface area contributed by atoms with Gasteiger partial charge < -0.3 is 14.8 Å². The van der Waals surface area contributed by atoms with E-state index in [1.54, 1.807) is 0 Å². The largest absolute Gasteiger partial charge is 0.493 e. The number of ether oxygens (including phenoxy) is 2. The van der Waals surface area contributed by atoms with E-state index in [4.69, 9.17) is 9.47 Å². The lowest BCUT2D eigenvalue weighted by molar-refractivity contribution is 0.0861. The van der Waals surface area contributed by atoms with Crippen molar-refractivity contribution >= 4 is 0 Å².